The maximum absolute atomic E-state index is 6.12. The topological polar surface area (TPSA) is 62.0 Å². The molecule has 4 aromatic carbocycles. The molecule has 2 unspecified atom stereocenters. The molecule has 6 nitrogen and oxygen atoms in total. The van der Waals surface area contributed by atoms with Crippen LogP contribution in [-0.2, 0) is 24.4 Å². The highest BCUT2D eigenvalue weighted by Gasteiger charge is 2.51. The summed E-state index contributed by atoms with van der Waals surface area (Å²) in [7, 11) is 0. The maximum atomic E-state index is 6.12. The number of ether oxygens (including phenoxy) is 6. The summed E-state index contributed by atoms with van der Waals surface area (Å²) in [5.74, 6) is -0.493. The molecule has 41 heavy (non-hydrogen) atoms. The Bertz CT molecular complexity index is 1400. The summed E-state index contributed by atoms with van der Waals surface area (Å²) < 4.78 is 34.9. The number of benzene rings is 4. The lowest BCUT2D eigenvalue weighted by molar-refractivity contribution is -0.173. The quantitative estimate of drug-likeness (QED) is 0.123. The van der Waals surface area contributed by atoms with Gasteiger partial charge in [0, 0.05) is 0 Å². The predicted octanol–water partition coefficient (Wildman–Crippen LogP) is 7.03. The summed E-state index contributed by atoms with van der Waals surface area (Å²) in [4.78, 5) is 0. The second-order valence-electron chi connectivity index (χ2n) is 10.7. The molecule has 2 atom stereocenters. The fourth-order valence-corrected chi connectivity index (χ4v) is 5.91. The number of fused-ring (bicyclic) bond motifs is 3. The van der Waals surface area contributed by atoms with Crippen LogP contribution in [0.4, 0.5) is 0 Å². The molecule has 0 radical (unpaired) electrons. The zero-order chi connectivity index (χ0) is 27.9. The van der Waals surface area contributed by atoms with E-state index in [-0.39, 0.29) is 0 Å². The van der Waals surface area contributed by atoms with Gasteiger partial charge in [-0.15, -0.1) is 0 Å². The van der Waals surface area contributed by atoms with E-state index in [9.17, 15) is 0 Å². The Morgan fingerprint density at radius 3 is 1.32 bits per heavy atom. The van der Waals surface area contributed by atoms with E-state index >= 15 is 0 Å². The number of hydrogen-bond acceptors (Lipinski definition) is 6. The molecule has 2 aliphatic heterocycles. The molecule has 7 rings (SSSR count). The molecule has 210 valence electrons. The van der Waals surface area contributed by atoms with Gasteiger partial charge < -0.3 is 28.4 Å². The van der Waals surface area contributed by atoms with Crippen molar-refractivity contribution in [3.63, 3.8) is 0 Å². The predicted molar refractivity (Wildman–Crippen MR) is 155 cm³/mol. The molecule has 0 N–H and O–H groups in total. The largest absolute Gasteiger partial charge is 0.437 e. The van der Waals surface area contributed by atoms with Crippen LogP contribution in [0.15, 0.2) is 97.1 Å². The Morgan fingerprint density at radius 1 is 0.561 bits per heavy atom. The first-order valence-corrected chi connectivity index (χ1v) is 14.5. The van der Waals surface area contributed by atoms with Crippen molar-refractivity contribution in [2.45, 2.75) is 44.1 Å². The summed E-state index contributed by atoms with van der Waals surface area (Å²) in [5.41, 5.74) is 6.72. The molecule has 3 aliphatic rings. The van der Waals surface area contributed by atoms with Crippen LogP contribution in [0.3, 0.4) is 0 Å². The van der Waals surface area contributed by atoms with E-state index in [2.05, 4.69) is 86.6 Å². The van der Waals surface area contributed by atoms with E-state index in [1.54, 1.807) is 0 Å². The molecule has 0 spiro atoms. The van der Waals surface area contributed by atoms with Crippen LogP contribution < -0.4 is 9.47 Å². The van der Waals surface area contributed by atoms with Crippen molar-refractivity contribution >= 4 is 0 Å². The maximum Gasteiger partial charge on any atom is 0.352 e. The van der Waals surface area contributed by atoms with Gasteiger partial charge in [-0.3, -0.25) is 0 Å². The van der Waals surface area contributed by atoms with E-state index < -0.39 is 17.4 Å². The van der Waals surface area contributed by atoms with Gasteiger partial charge in [-0.2, -0.15) is 0 Å². The van der Waals surface area contributed by atoms with Crippen LogP contribution in [0.2, 0.25) is 0 Å². The molecular weight excluding hydrogens is 516 g/mol. The highest BCUT2D eigenvalue weighted by atomic mass is 16.9. The summed E-state index contributed by atoms with van der Waals surface area (Å²) >= 11 is 0. The monoisotopic (exact) mass is 550 g/mol. The van der Waals surface area contributed by atoms with Gasteiger partial charge in [0.15, 0.2) is 0 Å². The summed E-state index contributed by atoms with van der Waals surface area (Å²) in [6, 6.07) is 34.0. The minimum atomic E-state index is -0.957. The first-order chi connectivity index (χ1) is 20.1. The van der Waals surface area contributed by atoms with E-state index in [0.717, 1.165) is 24.0 Å². The van der Waals surface area contributed by atoms with E-state index in [0.29, 0.717) is 37.9 Å². The molecule has 0 amide bonds. The smallest absolute Gasteiger partial charge is 0.352 e. The summed E-state index contributed by atoms with van der Waals surface area (Å²) in [5, 5.41) is 0. The van der Waals surface area contributed by atoms with Gasteiger partial charge in [0.1, 0.15) is 24.7 Å². The van der Waals surface area contributed by atoms with Crippen molar-refractivity contribution < 1.29 is 28.4 Å². The van der Waals surface area contributed by atoms with Gasteiger partial charge in [0.25, 0.3) is 0 Å². The molecule has 0 saturated carbocycles. The van der Waals surface area contributed by atoms with Crippen LogP contribution in [0.1, 0.15) is 48.9 Å². The van der Waals surface area contributed by atoms with E-state index in [1.807, 2.05) is 24.3 Å². The highest BCUT2D eigenvalue weighted by molar-refractivity contribution is 5.86. The van der Waals surface area contributed by atoms with Crippen molar-refractivity contribution in [3.8, 4) is 22.6 Å². The third-order valence-electron chi connectivity index (χ3n) is 7.89. The van der Waals surface area contributed by atoms with Crippen molar-refractivity contribution in [3.05, 3.63) is 119 Å². The average molecular weight is 551 g/mol. The first-order valence-electron chi connectivity index (χ1n) is 14.5. The summed E-state index contributed by atoms with van der Waals surface area (Å²) in [6.07, 6.45) is 1.80. The molecular formula is C35H34O6. The lowest BCUT2D eigenvalue weighted by atomic mass is 9.68. The Hall–Kier alpha value is -3.68. The molecule has 2 heterocycles. The first kappa shape index (κ1) is 26.2. The van der Waals surface area contributed by atoms with Crippen LogP contribution in [0.5, 0.6) is 11.5 Å². The lowest BCUT2D eigenvalue weighted by Gasteiger charge is -2.34. The molecule has 4 aromatic rings. The zero-order valence-electron chi connectivity index (χ0n) is 23.4. The standard InChI is InChI=1S/C35H34O6/c1-3-21-36-33(23-38-33)40-27-17-13-25(14-18-27)35(31-11-7-5-9-29(31)30-10-6-8-12-32(30)35)26-15-19-28(20-16-26)41-34(24-39-34)37-22-4-2/h5-20H,3-4,21-24H2,1-2H3. The molecule has 0 bridgehead atoms. The third kappa shape index (κ3) is 4.61. The second-order valence-corrected chi connectivity index (χ2v) is 10.7. The average Bonchev–Trinajstić information content (AvgIpc) is 3.94. The van der Waals surface area contributed by atoms with Crippen LogP contribution in [0.25, 0.3) is 11.1 Å². The van der Waals surface area contributed by atoms with Crippen molar-refractivity contribution in [2.75, 3.05) is 26.4 Å². The molecule has 0 aromatic heterocycles. The Balaban J connectivity index is 1.29. The Kier molecular flexibility index (Phi) is 6.59. The van der Waals surface area contributed by atoms with Gasteiger partial charge >= 0.3 is 11.9 Å². The van der Waals surface area contributed by atoms with Gasteiger partial charge in [0.05, 0.1) is 18.6 Å². The molecule has 2 saturated heterocycles. The molecule has 6 heteroatoms. The number of rotatable bonds is 12. The number of hydrogen-bond donors (Lipinski definition) is 0. The van der Waals surface area contributed by atoms with E-state index in [4.69, 9.17) is 28.4 Å². The fraction of sp³-hybridized carbons (Fsp3) is 0.314. The normalized spacial score (nSPS) is 23.0. The van der Waals surface area contributed by atoms with E-state index in [1.165, 1.54) is 22.3 Å². The number of epoxide rings is 2. The summed E-state index contributed by atoms with van der Waals surface area (Å²) in [6.45, 7) is 6.18. The highest BCUT2D eigenvalue weighted by Crippen LogP contribution is 2.56. The lowest BCUT2D eigenvalue weighted by Crippen LogP contribution is -2.29. The van der Waals surface area contributed by atoms with Crippen molar-refractivity contribution in [2.24, 2.45) is 0 Å². The minimum Gasteiger partial charge on any atom is -0.437 e. The van der Waals surface area contributed by atoms with Gasteiger partial charge in [-0.25, -0.2) is 0 Å². The second kappa shape index (κ2) is 10.3. The minimum absolute atomic E-state index is 0.434. The van der Waals surface area contributed by atoms with Crippen LogP contribution >= 0.6 is 0 Å². The van der Waals surface area contributed by atoms with Crippen LogP contribution in [-0.4, -0.2) is 38.4 Å². The van der Waals surface area contributed by atoms with Crippen molar-refractivity contribution in [1.29, 1.82) is 0 Å². The molecule has 1 aliphatic carbocycles. The fourth-order valence-electron chi connectivity index (χ4n) is 5.91. The van der Waals surface area contributed by atoms with Gasteiger partial charge in [0.2, 0.25) is 0 Å². The Morgan fingerprint density at radius 2 is 0.951 bits per heavy atom. The Labute approximate surface area is 240 Å². The van der Waals surface area contributed by atoms with Crippen LogP contribution in [0, 0.1) is 0 Å². The zero-order valence-corrected chi connectivity index (χ0v) is 23.4. The van der Waals surface area contributed by atoms with Gasteiger partial charge in [-0.1, -0.05) is 86.6 Å². The van der Waals surface area contributed by atoms with Gasteiger partial charge in [-0.05, 0) is 70.5 Å². The van der Waals surface area contributed by atoms with Crippen molar-refractivity contribution in [1.82, 2.24) is 0 Å². The molecule has 2 fully saturated rings. The SMILES string of the molecule is CCCOC1(Oc2ccc(C3(c4ccc(OC5(OCCC)CO5)cc4)c4ccccc4-c4ccccc43)cc2)CO1. The third-order valence-corrected chi connectivity index (χ3v) is 7.89.